The molecule has 4 heterocycles. The Bertz CT molecular complexity index is 778. The summed E-state index contributed by atoms with van der Waals surface area (Å²) in [6.07, 6.45) is 4.23. The molecule has 0 unspecified atom stereocenters. The minimum atomic E-state index is 0.518. The third-order valence-electron chi connectivity index (χ3n) is 3.73. The number of nitrogens with zero attached hydrogens (tertiary/aromatic N) is 4. The molecule has 7 heteroatoms. The van der Waals surface area contributed by atoms with Crippen LogP contribution in [0.2, 0.25) is 0 Å². The summed E-state index contributed by atoms with van der Waals surface area (Å²) in [5, 5.41) is 3.99. The first-order chi connectivity index (χ1) is 10.4. The summed E-state index contributed by atoms with van der Waals surface area (Å²) >= 11 is 0. The van der Waals surface area contributed by atoms with Crippen molar-refractivity contribution in [2.45, 2.75) is 19.6 Å². The zero-order chi connectivity index (χ0) is 14.2. The zero-order valence-electron chi connectivity index (χ0n) is 11.5. The number of imidazole rings is 1. The molecule has 3 aromatic heterocycles. The minimum absolute atomic E-state index is 0.518. The second-order valence-electron chi connectivity index (χ2n) is 4.98. The highest BCUT2D eigenvalue weighted by atomic mass is 16.5. The lowest BCUT2D eigenvalue weighted by molar-refractivity contribution is 0.110. The van der Waals surface area contributed by atoms with Crippen LogP contribution in [-0.4, -0.2) is 32.8 Å². The molecule has 7 nitrogen and oxygen atoms in total. The molecule has 2 N–H and O–H groups in total. The Morgan fingerprint density at radius 3 is 3.14 bits per heavy atom. The van der Waals surface area contributed by atoms with E-state index in [1.54, 1.807) is 6.07 Å². The Labute approximate surface area is 120 Å². The van der Waals surface area contributed by atoms with E-state index in [0.717, 1.165) is 34.5 Å². The molecule has 0 aliphatic carbocycles. The van der Waals surface area contributed by atoms with Gasteiger partial charge in [0.05, 0.1) is 36.1 Å². The first-order valence-electron chi connectivity index (χ1n) is 6.94. The van der Waals surface area contributed by atoms with Crippen LogP contribution >= 0.6 is 0 Å². The van der Waals surface area contributed by atoms with Crippen molar-refractivity contribution < 1.29 is 9.26 Å². The van der Waals surface area contributed by atoms with Gasteiger partial charge in [-0.15, -0.1) is 0 Å². The average Bonchev–Trinajstić information content (AvgIpc) is 3.15. The lowest BCUT2D eigenvalue weighted by Crippen LogP contribution is -2.13. The Kier molecular flexibility index (Phi) is 2.94. The first-order valence-corrected chi connectivity index (χ1v) is 6.94. The van der Waals surface area contributed by atoms with Gasteiger partial charge in [-0.1, -0.05) is 5.16 Å². The van der Waals surface area contributed by atoms with Crippen molar-refractivity contribution in [1.82, 2.24) is 19.7 Å². The predicted molar refractivity (Wildman–Crippen MR) is 75.4 cm³/mol. The summed E-state index contributed by atoms with van der Waals surface area (Å²) in [5.74, 6) is 0.755. The molecule has 0 amide bonds. The van der Waals surface area contributed by atoms with Gasteiger partial charge in [0.25, 0.3) is 0 Å². The Morgan fingerprint density at radius 1 is 1.38 bits per heavy atom. The highest BCUT2D eigenvalue weighted by Crippen LogP contribution is 2.28. The molecule has 1 aliphatic rings. The number of hydrogen-bond donors (Lipinski definition) is 1. The molecular formula is C14H15N5O2. The zero-order valence-corrected chi connectivity index (χ0v) is 11.5. The van der Waals surface area contributed by atoms with Crippen LogP contribution in [0.3, 0.4) is 0 Å². The van der Waals surface area contributed by atoms with Crippen LogP contribution in [0, 0.1) is 0 Å². The van der Waals surface area contributed by atoms with E-state index in [1.807, 2.05) is 10.8 Å². The second-order valence-corrected chi connectivity index (χ2v) is 4.98. The van der Waals surface area contributed by atoms with Crippen molar-refractivity contribution in [3.05, 3.63) is 29.8 Å². The molecule has 0 aromatic carbocycles. The Hall–Kier alpha value is -2.25. The topological polar surface area (TPSA) is 92.0 Å². The van der Waals surface area contributed by atoms with E-state index < -0.39 is 0 Å². The van der Waals surface area contributed by atoms with Gasteiger partial charge >= 0.3 is 0 Å². The van der Waals surface area contributed by atoms with E-state index in [2.05, 4.69) is 10.1 Å². The summed E-state index contributed by atoms with van der Waals surface area (Å²) in [5.41, 5.74) is 10.5. The third-order valence-corrected chi connectivity index (χ3v) is 3.73. The van der Waals surface area contributed by atoms with Crippen LogP contribution in [-0.2, 0) is 24.3 Å². The maximum Gasteiger partial charge on any atom is 0.163 e. The Balaban J connectivity index is 1.99. The SMILES string of the molecule is NCCn1c(-c2ccon2)nc2c3c(ncc21)CCOC3. The van der Waals surface area contributed by atoms with E-state index in [1.165, 1.54) is 6.26 Å². The molecular weight excluding hydrogens is 270 g/mol. The van der Waals surface area contributed by atoms with Gasteiger partial charge in [0.1, 0.15) is 12.0 Å². The molecule has 0 saturated carbocycles. The molecule has 4 rings (SSSR count). The molecule has 21 heavy (non-hydrogen) atoms. The van der Waals surface area contributed by atoms with Gasteiger partial charge in [0, 0.05) is 31.1 Å². The monoisotopic (exact) mass is 285 g/mol. The molecule has 0 radical (unpaired) electrons. The maximum atomic E-state index is 5.73. The number of hydrogen-bond acceptors (Lipinski definition) is 6. The van der Waals surface area contributed by atoms with E-state index in [-0.39, 0.29) is 0 Å². The van der Waals surface area contributed by atoms with Crippen molar-refractivity contribution in [1.29, 1.82) is 0 Å². The molecule has 0 saturated heterocycles. The van der Waals surface area contributed by atoms with Gasteiger partial charge in [-0.3, -0.25) is 4.98 Å². The number of aromatic nitrogens is 4. The highest BCUT2D eigenvalue weighted by Gasteiger charge is 2.21. The molecule has 1 aliphatic heterocycles. The van der Waals surface area contributed by atoms with Crippen LogP contribution in [0.4, 0.5) is 0 Å². The lowest BCUT2D eigenvalue weighted by atomic mass is 10.1. The highest BCUT2D eigenvalue weighted by molar-refractivity contribution is 5.83. The molecule has 0 bridgehead atoms. The van der Waals surface area contributed by atoms with Crippen molar-refractivity contribution in [2.24, 2.45) is 5.73 Å². The fraction of sp³-hybridized carbons (Fsp3) is 0.357. The second kappa shape index (κ2) is 4.94. The average molecular weight is 285 g/mol. The normalized spacial score (nSPS) is 14.5. The number of nitrogens with two attached hydrogens (primary N) is 1. The maximum absolute atomic E-state index is 5.73. The van der Waals surface area contributed by atoms with Gasteiger partial charge in [0.2, 0.25) is 0 Å². The third kappa shape index (κ3) is 1.93. The fourth-order valence-electron chi connectivity index (χ4n) is 2.76. The standard InChI is InChI=1S/C14H15N5O2/c15-3-4-19-12-7-16-10-1-5-20-8-9(10)13(12)17-14(19)11-2-6-21-18-11/h2,6-7H,1,3-5,8,15H2. The summed E-state index contributed by atoms with van der Waals surface area (Å²) < 4.78 is 12.5. The number of ether oxygens (including phenoxy) is 1. The number of rotatable bonds is 3. The fourth-order valence-corrected chi connectivity index (χ4v) is 2.76. The van der Waals surface area contributed by atoms with Gasteiger partial charge in [0.15, 0.2) is 5.82 Å². The van der Waals surface area contributed by atoms with Gasteiger partial charge in [-0.05, 0) is 0 Å². The van der Waals surface area contributed by atoms with Crippen LogP contribution in [0.15, 0.2) is 23.0 Å². The Morgan fingerprint density at radius 2 is 2.33 bits per heavy atom. The van der Waals surface area contributed by atoms with Crippen LogP contribution in [0.1, 0.15) is 11.3 Å². The number of pyridine rings is 1. The summed E-state index contributed by atoms with van der Waals surface area (Å²) in [6, 6.07) is 1.80. The van der Waals surface area contributed by atoms with Crippen LogP contribution in [0.25, 0.3) is 22.6 Å². The van der Waals surface area contributed by atoms with Gasteiger partial charge in [-0.2, -0.15) is 0 Å². The molecule has 108 valence electrons. The summed E-state index contributed by atoms with van der Waals surface area (Å²) in [6.45, 7) is 2.44. The van der Waals surface area contributed by atoms with Crippen molar-refractivity contribution >= 4 is 11.0 Å². The van der Waals surface area contributed by atoms with Crippen LogP contribution in [0.5, 0.6) is 0 Å². The van der Waals surface area contributed by atoms with E-state index in [0.29, 0.717) is 32.0 Å². The van der Waals surface area contributed by atoms with Gasteiger partial charge in [-0.25, -0.2) is 4.98 Å². The van der Waals surface area contributed by atoms with Crippen molar-refractivity contribution in [3.8, 4) is 11.5 Å². The largest absolute Gasteiger partial charge is 0.376 e. The van der Waals surface area contributed by atoms with Crippen LogP contribution < -0.4 is 5.73 Å². The number of fused-ring (bicyclic) bond motifs is 3. The van der Waals surface area contributed by atoms with E-state index >= 15 is 0 Å². The molecule has 3 aromatic rings. The molecule has 0 spiro atoms. The molecule has 0 fully saturated rings. The quantitative estimate of drug-likeness (QED) is 0.775. The van der Waals surface area contributed by atoms with E-state index in [9.17, 15) is 0 Å². The van der Waals surface area contributed by atoms with Gasteiger partial charge < -0.3 is 19.6 Å². The van der Waals surface area contributed by atoms with Crippen molar-refractivity contribution in [3.63, 3.8) is 0 Å². The molecule has 0 atom stereocenters. The smallest absolute Gasteiger partial charge is 0.163 e. The lowest BCUT2D eigenvalue weighted by Gasteiger charge is -2.15. The predicted octanol–water partition coefficient (Wildman–Crippen LogP) is 1.12. The minimum Gasteiger partial charge on any atom is -0.376 e. The van der Waals surface area contributed by atoms with E-state index in [4.69, 9.17) is 20.0 Å². The first kappa shape index (κ1) is 12.5. The van der Waals surface area contributed by atoms with Crippen molar-refractivity contribution in [2.75, 3.05) is 13.2 Å². The summed E-state index contributed by atoms with van der Waals surface area (Å²) in [4.78, 5) is 9.31. The summed E-state index contributed by atoms with van der Waals surface area (Å²) in [7, 11) is 0.